The highest BCUT2D eigenvalue weighted by Crippen LogP contribution is 2.43. The second-order valence-corrected chi connectivity index (χ2v) is 14.6. The molecule has 2 saturated heterocycles. The van der Waals surface area contributed by atoms with E-state index in [1.54, 1.807) is 61.1 Å². The summed E-state index contributed by atoms with van der Waals surface area (Å²) in [5.74, 6) is 0.471. The van der Waals surface area contributed by atoms with E-state index in [0.717, 1.165) is 12.0 Å². The molecule has 51 heavy (non-hydrogen) atoms. The van der Waals surface area contributed by atoms with Gasteiger partial charge in [0, 0.05) is 64.2 Å². The van der Waals surface area contributed by atoms with Gasteiger partial charge in [-0.1, -0.05) is 35.3 Å². The fourth-order valence-corrected chi connectivity index (χ4v) is 7.38. The lowest BCUT2D eigenvalue weighted by atomic mass is 9.87. The third-order valence-electron chi connectivity index (χ3n) is 9.85. The first kappa shape index (κ1) is 34.8. The topological polar surface area (TPSA) is 133 Å². The molecule has 4 aromatic heterocycles. The van der Waals surface area contributed by atoms with Gasteiger partial charge in [-0.05, 0) is 88.4 Å². The summed E-state index contributed by atoms with van der Waals surface area (Å²) >= 11 is 12.9. The zero-order chi connectivity index (χ0) is 36.0. The van der Waals surface area contributed by atoms with Crippen molar-refractivity contribution in [3.63, 3.8) is 0 Å². The van der Waals surface area contributed by atoms with Crippen LogP contribution in [0.3, 0.4) is 0 Å². The van der Waals surface area contributed by atoms with Crippen molar-refractivity contribution < 1.29 is 9.50 Å². The van der Waals surface area contributed by atoms with E-state index in [9.17, 15) is 15.2 Å². The van der Waals surface area contributed by atoms with Gasteiger partial charge >= 0.3 is 0 Å². The van der Waals surface area contributed by atoms with Crippen LogP contribution in [0.5, 0.6) is 0 Å². The summed E-state index contributed by atoms with van der Waals surface area (Å²) < 4.78 is 18.5. The van der Waals surface area contributed by atoms with Crippen LogP contribution in [0.15, 0.2) is 72.0 Å². The number of hydrogen-bond donors (Lipinski definition) is 3. The average molecular weight is 725 g/mol. The lowest BCUT2D eigenvalue weighted by Crippen LogP contribution is -2.23. The van der Waals surface area contributed by atoms with E-state index in [-0.39, 0.29) is 39.5 Å². The summed E-state index contributed by atoms with van der Waals surface area (Å²) in [7, 11) is 0. The first-order chi connectivity index (χ1) is 24.4. The van der Waals surface area contributed by atoms with E-state index in [0.29, 0.717) is 50.1 Å². The number of nitrogens with one attached hydrogen (secondary N) is 2. The van der Waals surface area contributed by atoms with Crippen molar-refractivity contribution in [2.45, 2.75) is 64.1 Å². The van der Waals surface area contributed by atoms with Gasteiger partial charge < -0.3 is 20.0 Å². The van der Waals surface area contributed by atoms with Crippen molar-refractivity contribution in [1.29, 1.82) is 5.26 Å². The molecule has 6 heterocycles. The molecule has 3 N–H and O–H groups in total. The predicted molar refractivity (Wildman–Crippen MR) is 198 cm³/mol. The summed E-state index contributed by atoms with van der Waals surface area (Å²) in [6, 6.07) is 14.9. The van der Waals surface area contributed by atoms with E-state index in [1.165, 1.54) is 31.8 Å². The van der Waals surface area contributed by atoms with E-state index >= 15 is 4.39 Å². The van der Waals surface area contributed by atoms with Gasteiger partial charge in [0.1, 0.15) is 11.1 Å². The van der Waals surface area contributed by atoms with Crippen LogP contribution in [0.25, 0.3) is 44.2 Å². The fraction of sp³-hybridized carbons (Fsp3) is 0.308. The molecule has 0 radical (unpaired) electrons. The molecule has 12 heteroatoms. The van der Waals surface area contributed by atoms with Crippen LogP contribution in [0, 0.1) is 23.1 Å². The van der Waals surface area contributed by atoms with Crippen LogP contribution in [-0.4, -0.2) is 42.2 Å². The second kappa shape index (κ2) is 13.8. The van der Waals surface area contributed by atoms with E-state index in [2.05, 4.69) is 26.3 Å². The van der Waals surface area contributed by atoms with Crippen LogP contribution in [0.2, 0.25) is 10.0 Å². The number of rotatable bonds is 7. The number of nitrogens with zero attached hydrogens (tertiary/aromatic N) is 5. The first-order valence-corrected chi connectivity index (χ1v) is 17.6. The number of aryl methyl sites for hydroxylation is 1. The van der Waals surface area contributed by atoms with Gasteiger partial charge in [-0.3, -0.25) is 14.8 Å². The highest BCUT2D eigenvalue weighted by Gasteiger charge is 2.35. The summed E-state index contributed by atoms with van der Waals surface area (Å²) in [4.78, 5) is 29.3. The Morgan fingerprint density at radius 3 is 2.59 bits per heavy atom. The number of H-pyrrole nitrogens is 1. The van der Waals surface area contributed by atoms with Crippen molar-refractivity contribution in [2.75, 3.05) is 6.54 Å². The van der Waals surface area contributed by atoms with E-state index in [1.807, 2.05) is 19.1 Å². The predicted octanol–water partition coefficient (Wildman–Crippen LogP) is 8.11. The van der Waals surface area contributed by atoms with Gasteiger partial charge in [-0.15, -0.1) is 0 Å². The van der Waals surface area contributed by atoms with Gasteiger partial charge in [0.25, 0.3) is 5.56 Å². The van der Waals surface area contributed by atoms with Gasteiger partial charge in [0.15, 0.2) is 5.82 Å². The number of benzene rings is 2. The maximum Gasteiger partial charge on any atom is 0.269 e. The summed E-state index contributed by atoms with van der Waals surface area (Å²) in [5, 5.41) is 24.9. The normalized spacial score (nSPS) is 17.1. The van der Waals surface area contributed by atoms with Gasteiger partial charge in [0.2, 0.25) is 0 Å². The Hall–Kier alpha value is -4.66. The molecule has 1 saturated carbocycles. The molecule has 6 aromatic rings. The maximum atomic E-state index is 16.9. The van der Waals surface area contributed by atoms with Crippen LogP contribution in [0.4, 0.5) is 4.39 Å². The highest BCUT2D eigenvalue weighted by molar-refractivity contribution is 6.43. The third-order valence-corrected chi connectivity index (χ3v) is 10.7. The molecule has 260 valence electrons. The Bertz CT molecular complexity index is 2360. The van der Waals surface area contributed by atoms with Crippen LogP contribution < -0.4 is 10.9 Å². The molecule has 2 bridgehead atoms. The number of aromatic nitrogens is 5. The number of halogens is 3. The number of hydrogen-bond acceptors (Lipinski definition) is 7. The molecular formula is C39H36Cl2FN7O2. The van der Waals surface area contributed by atoms with Crippen LogP contribution in [-0.2, 0) is 12.0 Å². The van der Waals surface area contributed by atoms with Crippen LogP contribution in [0.1, 0.15) is 63.0 Å². The van der Waals surface area contributed by atoms with Crippen molar-refractivity contribution in [2.24, 2.45) is 5.92 Å². The SMILES string of the molecule is C1NC2CC1C2.CC(c1cc2c(-c3ccc(C(C)(C)O)nc3)nc3c(F)c(-c4cccc(Cl)c4Cl)c(CCC#N)cc3c2[nH]1)n1ccncc1=O. The van der Waals surface area contributed by atoms with Crippen molar-refractivity contribution in [3.05, 3.63) is 110 Å². The van der Waals surface area contributed by atoms with Gasteiger partial charge in [0.05, 0.1) is 45.3 Å². The molecule has 9 nitrogen and oxygen atoms in total. The first-order valence-electron chi connectivity index (χ1n) is 16.9. The summed E-state index contributed by atoms with van der Waals surface area (Å²) in [6.45, 7) is 6.47. The second-order valence-electron chi connectivity index (χ2n) is 13.8. The Kier molecular flexibility index (Phi) is 9.42. The standard InChI is InChI=1S/C34H27Cl2FN6O2.C5H9N/c1-18(43-13-12-39-17-27(43)44)25-15-23-31(20-9-10-26(40-16-20)34(2,3)45)42-33-22(32(23)41-25)14-19(6-5-11-38)28(30(33)37)21-7-4-8-24(35)29(21)36;1-4-2-5(1)6-3-4/h4,7-10,12-18,41,45H,5-6H2,1-3H3;4-6H,1-3H2. The molecule has 3 fully saturated rings. The lowest BCUT2D eigenvalue weighted by molar-refractivity contribution is 0.0739. The Morgan fingerprint density at radius 1 is 1.16 bits per heavy atom. The minimum atomic E-state index is -1.16. The minimum Gasteiger partial charge on any atom is -0.384 e. The monoisotopic (exact) mass is 723 g/mol. The molecule has 3 aliphatic rings. The maximum absolute atomic E-state index is 16.9. The Balaban J connectivity index is 0.000000605. The molecule has 2 aromatic carbocycles. The van der Waals surface area contributed by atoms with Crippen molar-refractivity contribution in [3.8, 4) is 28.5 Å². The number of nitriles is 1. The van der Waals surface area contributed by atoms with E-state index < -0.39 is 17.5 Å². The van der Waals surface area contributed by atoms with Crippen LogP contribution >= 0.6 is 23.2 Å². The molecule has 1 aliphatic carbocycles. The van der Waals surface area contributed by atoms with E-state index in [4.69, 9.17) is 28.2 Å². The minimum absolute atomic E-state index is 0.0814. The van der Waals surface area contributed by atoms with Crippen molar-refractivity contribution >= 4 is 45.0 Å². The molecule has 1 atom stereocenters. The number of aliphatic hydroxyl groups is 1. The molecule has 1 unspecified atom stereocenters. The average Bonchev–Trinajstić information content (AvgIpc) is 3.87. The molecule has 2 aliphatic heterocycles. The van der Waals surface area contributed by atoms with Gasteiger partial charge in [-0.2, -0.15) is 5.26 Å². The zero-order valence-electron chi connectivity index (χ0n) is 28.3. The smallest absolute Gasteiger partial charge is 0.269 e. The highest BCUT2D eigenvalue weighted by atomic mass is 35.5. The number of pyridine rings is 2. The Labute approximate surface area is 304 Å². The lowest BCUT2D eigenvalue weighted by Gasteiger charge is -2.19. The fourth-order valence-electron chi connectivity index (χ4n) is 6.99. The summed E-state index contributed by atoms with van der Waals surface area (Å²) in [6.07, 6.45) is 9.36. The molecular weight excluding hydrogens is 688 g/mol. The quantitative estimate of drug-likeness (QED) is 0.152. The zero-order valence-corrected chi connectivity index (χ0v) is 29.9. The number of aromatic amines is 1. The van der Waals surface area contributed by atoms with Crippen molar-refractivity contribution in [1.82, 2.24) is 29.8 Å². The summed E-state index contributed by atoms with van der Waals surface area (Å²) in [5.41, 5.74) is 2.67. The van der Waals surface area contributed by atoms with Gasteiger partial charge in [-0.25, -0.2) is 9.37 Å². The molecule has 0 amide bonds. The molecule has 9 rings (SSSR count). The Morgan fingerprint density at radius 2 is 1.96 bits per heavy atom. The molecule has 0 spiro atoms. The third kappa shape index (κ3) is 6.63. The number of fused-ring (bicyclic) bond motifs is 4. The largest absolute Gasteiger partial charge is 0.384 e.